The van der Waals surface area contributed by atoms with Crippen LogP contribution in [-0.2, 0) is 0 Å². The molecule has 1 aromatic heterocycles. The molecule has 0 fully saturated rings. The fourth-order valence-electron chi connectivity index (χ4n) is 1.23. The molecule has 0 spiro atoms. The second-order valence-corrected chi connectivity index (χ2v) is 2.91. The number of hydrazone groups is 1. The van der Waals surface area contributed by atoms with Crippen molar-refractivity contribution in [2.75, 3.05) is 5.43 Å². The van der Waals surface area contributed by atoms with Gasteiger partial charge in [-0.3, -0.25) is 10.5 Å². The predicted molar refractivity (Wildman–Crippen MR) is 58.4 cm³/mol. The van der Waals surface area contributed by atoms with E-state index in [9.17, 15) is 0 Å². The van der Waals surface area contributed by atoms with E-state index in [1.165, 1.54) is 0 Å². The van der Waals surface area contributed by atoms with Gasteiger partial charge in [0.25, 0.3) is 0 Å². The summed E-state index contributed by atoms with van der Waals surface area (Å²) in [5.74, 6) is 0.485. The summed E-state index contributed by atoms with van der Waals surface area (Å²) in [6, 6.07) is 10.8. The van der Waals surface area contributed by atoms with Gasteiger partial charge in [0.15, 0.2) is 5.82 Å². The van der Waals surface area contributed by atoms with Crippen LogP contribution >= 0.6 is 0 Å². The number of anilines is 1. The molecular weight excluding hydrogens is 204 g/mol. The Balaban J connectivity index is 2.33. The molecule has 0 saturated heterocycles. The number of aromatic nitrogens is 2. The third-order valence-corrected chi connectivity index (χ3v) is 1.96. The van der Waals surface area contributed by atoms with Crippen LogP contribution in [0.1, 0.15) is 0 Å². The number of H-pyrrole nitrogens is 1. The number of hydrogen-bond donors (Lipinski definition) is 2. The summed E-state index contributed by atoms with van der Waals surface area (Å²) in [6.07, 6.45) is 0. The smallest absolute Gasteiger partial charge is 0.237 e. The van der Waals surface area contributed by atoms with Crippen molar-refractivity contribution in [2.24, 2.45) is 5.10 Å². The summed E-state index contributed by atoms with van der Waals surface area (Å²) in [5, 5.41) is 28.2. The number of fused-ring (bicyclic) bond motifs is 1. The highest BCUT2D eigenvalue weighted by molar-refractivity contribution is 6.10. The predicted octanol–water partition coefficient (Wildman–Crippen LogP) is 1.38. The fraction of sp³-hybridized carbons (Fsp3) is 0. The molecule has 0 aliphatic rings. The third-order valence-electron chi connectivity index (χ3n) is 1.96. The van der Waals surface area contributed by atoms with Crippen LogP contribution in [0.4, 0.5) is 5.82 Å². The van der Waals surface area contributed by atoms with Gasteiger partial charge in [-0.1, -0.05) is 12.1 Å². The first-order chi connectivity index (χ1) is 7.85. The number of benzene rings is 1. The van der Waals surface area contributed by atoms with E-state index < -0.39 is 0 Å². The summed E-state index contributed by atoms with van der Waals surface area (Å²) >= 11 is 0. The maximum absolute atomic E-state index is 8.50. The van der Waals surface area contributed by atoms with Crippen LogP contribution in [0.25, 0.3) is 10.9 Å². The lowest BCUT2D eigenvalue weighted by atomic mass is 10.2. The van der Waals surface area contributed by atoms with E-state index in [2.05, 4.69) is 20.7 Å². The molecule has 6 nitrogen and oxygen atoms in total. The third kappa shape index (κ3) is 1.68. The minimum absolute atomic E-state index is 0.243. The number of aromatic amines is 1. The van der Waals surface area contributed by atoms with Gasteiger partial charge >= 0.3 is 0 Å². The lowest BCUT2D eigenvalue weighted by molar-refractivity contribution is 1.10. The number of rotatable bonds is 2. The molecule has 6 heteroatoms. The Morgan fingerprint density at radius 1 is 1.31 bits per heavy atom. The Morgan fingerprint density at radius 3 is 2.81 bits per heavy atom. The molecule has 0 amide bonds. The topological polar surface area (TPSA) is 101 Å². The second kappa shape index (κ2) is 4.11. The van der Waals surface area contributed by atoms with Gasteiger partial charge in [0.1, 0.15) is 12.1 Å². The van der Waals surface area contributed by atoms with Gasteiger partial charge in [0.2, 0.25) is 5.71 Å². The largest absolute Gasteiger partial charge is 0.276 e. The highest BCUT2D eigenvalue weighted by Crippen LogP contribution is 2.19. The molecule has 16 heavy (non-hydrogen) atoms. The van der Waals surface area contributed by atoms with E-state index in [0.29, 0.717) is 5.82 Å². The minimum Gasteiger partial charge on any atom is -0.276 e. The molecule has 0 saturated carbocycles. The van der Waals surface area contributed by atoms with Crippen LogP contribution in [0, 0.1) is 22.7 Å². The van der Waals surface area contributed by atoms with Gasteiger partial charge in [-0.05, 0) is 12.1 Å². The van der Waals surface area contributed by atoms with Crippen molar-refractivity contribution < 1.29 is 0 Å². The Hall–Kier alpha value is -2.86. The molecule has 1 aromatic carbocycles. The highest BCUT2D eigenvalue weighted by atomic mass is 15.4. The van der Waals surface area contributed by atoms with Crippen LogP contribution in [-0.4, -0.2) is 15.9 Å². The quantitative estimate of drug-likeness (QED) is 0.577. The molecule has 2 aromatic rings. The number of para-hydroxylation sites is 1. The van der Waals surface area contributed by atoms with E-state index in [1.54, 1.807) is 12.1 Å². The van der Waals surface area contributed by atoms with Crippen LogP contribution in [0.15, 0.2) is 29.4 Å². The zero-order valence-corrected chi connectivity index (χ0v) is 8.10. The van der Waals surface area contributed by atoms with Crippen molar-refractivity contribution in [1.82, 2.24) is 10.2 Å². The van der Waals surface area contributed by atoms with E-state index in [0.717, 1.165) is 10.9 Å². The van der Waals surface area contributed by atoms with Crippen molar-refractivity contribution in [2.45, 2.75) is 0 Å². The van der Waals surface area contributed by atoms with Gasteiger partial charge in [0.05, 0.1) is 5.52 Å². The van der Waals surface area contributed by atoms with Gasteiger partial charge in [-0.25, -0.2) is 0 Å². The molecule has 0 aliphatic heterocycles. The van der Waals surface area contributed by atoms with E-state index in [-0.39, 0.29) is 5.71 Å². The first-order valence-corrected chi connectivity index (χ1v) is 4.42. The zero-order chi connectivity index (χ0) is 11.4. The van der Waals surface area contributed by atoms with E-state index in [4.69, 9.17) is 10.5 Å². The molecule has 1 heterocycles. The molecule has 0 unspecified atom stereocenters. The number of nitrogens with one attached hydrogen (secondary N) is 2. The van der Waals surface area contributed by atoms with Crippen molar-refractivity contribution in [3.63, 3.8) is 0 Å². The molecular formula is C10H6N6. The first kappa shape index (κ1) is 9.69. The lowest BCUT2D eigenvalue weighted by Gasteiger charge is -1.93. The van der Waals surface area contributed by atoms with Crippen molar-refractivity contribution in [1.29, 1.82) is 10.5 Å². The van der Waals surface area contributed by atoms with Crippen LogP contribution in [0.5, 0.6) is 0 Å². The second-order valence-electron chi connectivity index (χ2n) is 2.91. The van der Waals surface area contributed by atoms with Crippen LogP contribution in [0.2, 0.25) is 0 Å². The summed E-state index contributed by atoms with van der Waals surface area (Å²) in [6.45, 7) is 0. The number of hydrogen-bond acceptors (Lipinski definition) is 5. The van der Waals surface area contributed by atoms with Crippen LogP contribution in [0.3, 0.4) is 0 Å². The molecule has 0 radical (unpaired) electrons. The fourth-order valence-corrected chi connectivity index (χ4v) is 1.23. The Bertz CT molecular complexity index is 609. The van der Waals surface area contributed by atoms with E-state index in [1.807, 2.05) is 24.3 Å². The molecule has 0 atom stereocenters. The maximum Gasteiger partial charge on any atom is 0.237 e. The monoisotopic (exact) mass is 210 g/mol. The summed E-state index contributed by atoms with van der Waals surface area (Å²) in [7, 11) is 0. The van der Waals surface area contributed by atoms with Gasteiger partial charge in [0, 0.05) is 5.39 Å². The van der Waals surface area contributed by atoms with Crippen LogP contribution < -0.4 is 5.43 Å². The van der Waals surface area contributed by atoms with Gasteiger partial charge in [-0.2, -0.15) is 20.7 Å². The minimum atomic E-state index is -0.243. The normalized spacial score (nSPS) is 9.12. The van der Waals surface area contributed by atoms with E-state index >= 15 is 0 Å². The Labute approximate surface area is 90.8 Å². The Kier molecular flexibility index (Phi) is 2.49. The average molecular weight is 210 g/mol. The molecule has 0 bridgehead atoms. The molecule has 2 N–H and O–H groups in total. The molecule has 0 aliphatic carbocycles. The zero-order valence-electron chi connectivity index (χ0n) is 8.10. The summed E-state index contributed by atoms with van der Waals surface area (Å²) in [5.41, 5.74) is 3.18. The standard InChI is InChI=1S/C10H6N6/c11-5-7(6-12)13-15-10-8-3-1-2-4-9(8)14-16-10/h1-4H,(H2,14,15,16). The number of nitrogens with zero attached hydrogens (tertiary/aromatic N) is 4. The van der Waals surface area contributed by atoms with Gasteiger partial charge < -0.3 is 0 Å². The van der Waals surface area contributed by atoms with Crippen molar-refractivity contribution >= 4 is 22.4 Å². The van der Waals surface area contributed by atoms with Crippen molar-refractivity contribution in [3.8, 4) is 12.1 Å². The summed E-state index contributed by atoms with van der Waals surface area (Å²) in [4.78, 5) is 0. The lowest BCUT2D eigenvalue weighted by Crippen LogP contribution is -1.96. The molecule has 2 rings (SSSR count). The molecule has 76 valence electrons. The Morgan fingerprint density at radius 2 is 2.06 bits per heavy atom. The average Bonchev–Trinajstić information content (AvgIpc) is 2.74. The highest BCUT2D eigenvalue weighted by Gasteiger charge is 2.03. The first-order valence-electron chi connectivity index (χ1n) is 4.42. The SMILES string of the molecule is N#CC(C#N)=NNc1n[nH]c2ccccc12. The van der Waals surface area contributed by atoms with Crippen molar-refractivity contribution in [3.05, 3.63) is 24.3 Å². The summed E-state index contributed by atoms with van der Waals surface area (Å²) < 4.78 is 0. The maximum atomic E-state index is 8.50. The van der Waals surface area contributed by atoms with Gasteiger partial charge in [-0.15, -0.1) is 0 Å². The number of nitriles is 2.